The second-order valence-electron chi connectivity index (χ2n) is 7.04. The number of hydrogen-bond donors (Lipinski definition) is 0. The van der Waals surface area contributed by atoms with Gasteiger partial charge in [0, 0.05) is 51.1 Å². The van der Waals surface area contributed by atoms with E-state index in [0.717, 1.165) is 44.3 Å². The van der Waals surface area contributed by atoms with E-state index in [1.165, 1.54) is 0 Å². The number of aromatic nitrogens is 1. The summed E-state index contributed by atoms with van der Waals surface area (Å²) < 4.78 is 5.02. The van der Waals surface area contributed by atoms with Crippen LogP contribution in [0.4, 0.5) is 0 Å². The number of carbonyl (C=O) groups is 2. The molecule has 1 aromatic rings. The van der Waals surface area contributed by atoms with Gasteiger partial charge in [0.15, 0.2) is 0 Å². The van der Waals surface area contributed by atoms with E-state index in [1.807, 2.05) is 28.1 Å². The Balaban J connectivity index is 1.69. The smallest absolute Gasteiger partial charge is 0.224 e. The lowest BCUT2D eigenvalue weighted by Gasteiger charge is -2.38. The molecule has 2 aliphatic heterocycles. The Hall–Kier alpha value is -1.95. The molecule has 6 heteroatoms. The Morgan fingerprint density at radius 3 is 2.96 bits per heavy atom. The maximum atomic E-state index is 12.5. The molecule has 2 fully saturated rings. The van der Waals surface area contributed by atoms with Crippen molar-refractivity contribution in [3.63, 3.8) is 0 Å². The van der Waals surface area contributed by atoms with Crippen LogP contribution in [-0.4, -0.2) is 58.9 Å². The molecule has 0 bridgehead atoms. The molecule has 0 N–H and O–H groups in total. The lowest BCUT2D eigenvalue weighted by molar-refractivity contribution is -0.132. The van der Waals surface area contributed by atoms with Crippen molar-refractivity contribution < 1.29 is 14.3 Å². The highest BCUT2D eigenvalue weighted by atomic mass is 16.5. The van der Waals surface area contributed by atoms with Crippen molar-refractivity contribution in [3.8, 4) is 0 Å². The minimum Gasteiger partial charge on any atom is -0.384 e. The predicted molar refractivity (Wildman–Crippen MR) is 93.7 cm³/mol. The molecule has 25 heavy (non-hydrogen) atoms. The molecule has 3 heterocycles. The highest BCUT2D eigenvalue weighted by Crippen LogP contribution is 2.40. The van der Waals surface area contributed by atoms with Gasteiger partial charge in [-0.15, -0.1) is 0 Å². The number of methoxy groups -OCH3 is 1. The quantitative estimate of drug-likeness (QED) is 0.819. The molecule has 0 aliphatic carbocycles. The van der Waals surface area contributed by atoms with Crippen LogP contribution in [0.1, 0.15) is 44.1 Å². The van der Waals surface area contributed by atoms with Crippen molar-refractivity contribution in [2.45, 2.75) is 50.6 Å². The molecule has 3 rings (SSSR count). The van der Waals surface area contributed by atoms with E-state index in [1.54, 1.807) is 13.3 Å². The molecule has 1 spiro atoms. The van der Waals surface area contributed by atoms with E-state index in [0.29, 0.717) is 26.0 Å². The summed E-state index contributed by atoms with van der Waals surface area (Å²) in [6.45, 7) is 2.58. The van der Waals surface area contributed by atoms with Crippen LogP contribution in [0.5, 0.6) is 0 Å². The van der Waals surface area contributed by atoms with E-state index < -0.39 is 0 Å². The first-order valence-corrected chi connectivity index (χ1v) is 9.11. The SMILES string of the molecule is COCCC(=O)N1CCC[C@@]2(CCC(=O)N2Cc2cccnc2)CC1. The van der Waals surface area contributed by atoms with Gasteiger partial charge in [0.05, 0.1) is 13.0 Å². The summed E-state index contributed by atoms with van der Waals surface area (Å²) in [6, 6.07) is 3.93. The third kappa shape index (κ3) is 4.00. The predicted octanol–water partition coefficient (Wildman–Crippen LogP) is 1.99. The number of ether oxygens (including phenoxy) is 1. The van der Waals surface area contributed by atoms with Crippen LogP contribution >= 0.6 is 0 Å². The van der Waals surface area contributed by atoms with Crippen LogP contribution in [0.15, 0.2) is 24.5 Å². The largest absolute Gasteiger partial charge is 0.384 e. The highest BCUT2D eigenvalue weighted by Gasteiger charge is 2.45. The summed E-state index contributed by atoms with van der Waals surface area (Å²) in [4.78, 5) is 33.0. The van der Waals surface area contributed by atoms with Crippen LogP contribution in [0.25, 0.3) is 0 Å². The van der Waals surface area contributed by atoms with Crippen molar-refractivity contribution in [3.05, 3.63) is 30.1 Å². The van der Waals surface area contributed by atoms with Crippen LogP contribution < -0.4 is 0 Å². The van der Waals surface area contributed by atoms with E-state index in [9.17, 15) is 9.59 Å². The number of hydrogen-bond acceptors (Lipinski definition) is 4. The molecule has 136 valence electrons. The standard InChI is InChI=1S/C19H27N3O3/c1-25-13-6-17(23)21-11-3-7-19(9-12-21)8-5-18(24)22(19)15-16-4-2-10-20-14-16/h2,4,10,14H,3,5-9,11-13,15H2,1H3/t19-/m1/s1. The number of likely N-dealkylation sites (tertiary alicyclic amines) is 2. The number of carbonyl (C=O) groups excluding carboxylic acids is 2. The molecular formula is C19H27N3O3. The lowest BCUT2D eigenvalue weighted by atomic mass is 9.87. The molecule has 1 atom stereocenters. The Morgan fingerprint density at radius 2 is 2.20 bits per heavy atom. The highest BCUT2D eigenvalue weighted by molar-refractivity contribution is 5.80. The number of amides is 2. The van der Waals surface area contributed by atoms with E-state index in [2.05, 4.69) is 4.98 Å². The zero-order chi connectivity index (χ0) is 17.7. The Morgan fingerprint density at radius 1 is 1.32 bits per heavy atom. The fourth-order valence-corrected chi connectivity index (χ4v) is 4.10. The summed E-state index contributed by atoms with van der Waals surface area (Å²) in [5.74, 6) is 0.380. The third-order valence-electron chi connectivity index (χ3n) is 5.53. The fraction of sp³-hybridized carbons (Fsp3) is 0.632. The van der Waals surface area contributed by atoms with Crippen molar-refractivity contribution in [2.24, 2.45) is 0 Å². The first kappa shape index (κ1) is 17.9. The molecule has 0 unspecified atom stereocenters. The zero-order valence-electron chi connectivity index (χ0n) is 14.9. The van der Waals surface area contributed by atoms with Gasteiger partial charge < -0.3 is 14.5 Å². The maximum absolute atomic E-state index is 12.5. The van der Waals surface area contributed by atoms with Gasteiger partial charge in [-0.2, -0.15) is 0 Å². The number of rotatable bonds is 5. The van der Waals surface area contributed by atoms with Gasteiger partial charge in [0.1, 0.15) is 0 Å². The van der Waals surface area contributed by atoms with Crippen molar-refractivity contribution in [2.75, 3.05) is 26.8 Å². The van der Waals surface area contributed by atoms with E-state index in [-0.39, 0.29) is 17.4 Å². The number of pyridine rings is 1. The molecule has 0 saturated carbocycles. The third-order valence-corrected chi connectivity index (χ3v) is 5.53. The molecule has 6 nitrogen and oxygen atoms in total. The first-order valence-electron chi connectivity index (χ1n) is 9.11. The summed E-state index contributed by atoms with van der Waals surface area (Å²) in [6.07, 6.45) is 8.28. The van der Waals surface area contributed by atoms with E-state index in [4.69, 9.17) is 4.74 Å². The summed E-state index contributed by atoms with van der Waals surface area (Å²) in [5.41, 5.74) is 0.956. The van der Waals surface area contributed by atoms with Gasteiger partial charge in [-0.25, -0.2) is 0 Å². The van der Waals surface area contributed by atoms with Crippen LogP contribution in [0.3, 0.4) is 0 Å². The second kappa shape index (κ2) is 7.95. The van der Waals surface area contributed by atoms with Crippen molar-refractivity contribution >= 4 is 11.8 Å². The molecule has 2 saturated heterocycles. The van der Waals surface area contributed by atoms with Crippen molar-refractivity contribution in [1.82, 2.24) is 14.8 Å². The van der Waals surface area contributed by atoms with Crippen molar-refractivity contribution in [1.29, 1.82) is 0 Å². The minimum atomic E-state index is -0.108. The van der Waals surface area contributed by atoms with Crippen LogP contribution in [0.2, 0.25) is 0 Å². The first-order chi connectivity index (χ1) is 12.1. The van der Waals surface area contributed by atoms with Gasteiger partial charge >= 0.3 is 0 Å². The Kier molecular flexibility index (Phi) is 5.68. The normalized spacial score (nSPS) is 24.0. The number of nitrogens with zero attached hydrogens (tertiary/aromatic N) is 3. The molecule has 2 amide bonds. The van der Waals surface area contributed by atoms with Crippen LogP contribution in [0, 0.1) is 0 Å². The Bertz CT molecular complexity index is 607. The molecule has 2 aliphatic rings. The van der Waals surface area contributed by atoms with Crippen LogP contribution in [-0.2, 0) is 20.9 Å². The summed E-state index contributed by atoms with van der Waals surface area (Å²) in [5, 5.41) is 0. The van der Waals surface area contributed by atoms with Gasteiger partial charge in [-0.1, -0.05) is 6.07 Å². The fourth-order valence-electron chi connectivity index (χ4n) is 4.10. The van der Waals surface area contributed by atoms with Gasteiger partial charge in [-0.05, 0) is 37.3 Å². The maximum Gasteiger partial charge on any atom is 0.224 e. The van der Waals surface area contributed by atoms with Gasteiger partial charge in [-0.3, -0.25) is 14.6 Å². The average Bonchev–Trinajstić information content (AvgIpc) is 2.81. The monoisotopic (exact) mass is 345 g/mol. The molecule has 0 aromatic carbocycles. The average molecular weight is 345 g/mol. The summed E-state index contributed by atoms with van der Waals surface area (Å²) >= 11 is 0. The molecular weight excluding hydrogens is 318 g/mol. The topological polar surface area (TPSA) is 62.7 Å². The molecule has 1 aromatic heterocycles. The molecule has 0 radical (unpaired) electrons. The lowest BCUT2D eigenvalue weighted by Crippen LogP contribution is -2.46. The minimum absolute atomic E-state index is 0.108. The Labute approximate surface area is 149 Å². The summed E-state index contributed by atoms with van der Waals surface area (Å²) in [7, 11) is 1.62. The zero-order valence-corrected chi connectivity index (χ0v) is 14.9. The van der Waals surface area contributed by atoms with Gasteiger partial charge in [0.2, 0.25) is 11.8 Å². The second-order valence-corrected chi connectivity index (χ2v) is 7.04. The van der Waals surface area contributed by atoms with Gasteiger partial charge in [0.25, 0.3) is 0 Å². The van der Waals surface area contributed by atoms with E-state index >= 15 is 0 Å².